The lowest BCUT2D eigenvalue weighted by molar-refractivity contribution is 0.0489. The topological polar surface area (TPSA) is 113 Å². The van der Waals surface area contributed by atoms with Crippen LogP contribution in [0.5, 0.6) is 0 Å². The highest BCUT2D eigenvalue weighted by Gasteiger charge is 2.29. The summed E-state index contributed by atoms with van der Waals surface area (Å²) in [5.41, 5.74) is 1.54. The number of anilines is 2. The van der Waals surface area contributed by atoms with E-state index in [-0.39, 0.29) is 19.3 Å². The van der Waals surface area contributed by atoms with Gasteiger partial charge in [-0.15, -0.1) is 0 Å². The molecule has 1 aliphatic rings. The van der Waals surface area contributed by atoms with Gasteiger partial charge in [0, 0.05) is 23.0 Å². The highest BCUT2D eigenvalue weighted by Crippen LogP contribution is 2.30. The van der Waals surface area contributed by atoms with Gasteiger partial charge in [0.05, 0.1) is 19.3 Å². The Bertz CT molecular complexity index is 754. The van der Waals surface area contributed by atoms with E-state index >= 15 is 0 Å². The van der Waals surface area contributed by atoms with Crippen molar-refractivity contribution in [3.05, 3.63) is 53.7 Å². The van der Waals surface area contributed by atoms with E-state index in [2.05, 4.69) is 20.9 Å². The third kappa shape index (κ3) is 4.00. The van der Waals surface area contributed by atoms with E-state index in [1.54, 1.807) is 42.6 Å². The number of urea groups is 1. The van der Waals surface area contributed by atoms with Crippen LogP contribution in [0.2, 0.25) is 0 Å². The number of hydrogen-bond acceptors (Lipinski definition) is 6. The van der Waals surface area contributed by atoms with Crippen molar-refractivity contribution in [3.63, 3.8) is 0 Å². The third-order valence-corrected chi connectivity index (χ3v) is 3.79. The fraction of sp³-hybridized carbons (Fsp3) is 0.235. The van der Waals surface area contributed by atoms with Gasteiger partial charge in [0.2, 0.25) is 0 Å². The van der Waals surface area contributed by atoms with Crippen molar-refractivity contribution in [1.82, 2.24) is 10.3 Å². The van der Waals surface area contributed by atoms with Crippen molar-refractivity contribution in [2.24, 2.45) is 0 Å². The maximum absolute atomic E-state index is 12.2. The summed E-state index contributed by atoms with van der Waals surface area (Å²) < 4.78 is 5.41. The number of carbonyl (C=O) groups excluding carboxylic acids is 2. The number of hydrogen-bond donors (Lipinski definition) is 4. The van der Waals surface area contributed by atoms with Crippen molar-refractivity contribution < 1.29 is 19.4 Å². The summed E-state index contributed by atoms with van der Waals surface area (Å²) in [4.78, 5) is 27.7. The largest absolute Gasteiger partial charge is 0.392 e. The summed E-state index contributed by atoms with van der Waals surface area (Å²) in [6.07, 6.45) is 1.80. The number of aliphatic hydroxyl groups is 1. The molecule has 4 N–H and O–H groups in total. The SMILES string of the molecule is O=Cc1cccc(NC(=O)Nc2ccccn2)c1C1COC(CO)N1. The molecule has 8 nitrogen and oxygen atoms in total. The van der Waals surface area contributed by atoms with E-state index in [4.69, 9.17) is 4.74 Å². The van der Waals surface area contributed by atoms with Crippen LogP contribution in [0.1, 0.15) is 22.0 Å². The highest BCUT2D eigenvalue weighted by atomic mass is 16.5. The van der Waals surface area contributed by atoms with Gasteiger partial charge < -0.3 is 15.2 Å². The molecule has 2 unspecified atom stereocenters. The summed E-state index contributed by atoms with van der Waals surface area (Å²) in [5, 5.41) is 17.6. The predicted molar refractivity (Wildman–Crippen MR) is 91.4 cm³/mol. The first-order valence-corrected chi connectivity index (χ1v) is 7.77. The number of aliphatic hydroxyl groups excluding tert-OH is 1. The number of aldehydes is 1. The molecule has 1 aromatic heterocycles. The van der Waals surface area contributed by atoms with E-state index in [0.29, 0.717) is 22.6 Å². The summed E-state index contributed by atoms with van der Waals surface area (Å²) in [7, 11) is 0. The fourth-order valence-corrected chi connectivity index (χ4v) is 2.70. The van der Waals surface area contributed by atoms with E-state index in [1.165, 1.54) is 0 Å². The Morgan fingerprint density at radius 3 is 2.88 bits per heavy atom. The molecular formula is C17H18N4O4. The molecule has 1 saturated heterocycles. The first kappa shape index (κ1) is 17.0. The first-order valence-electron chi connectivity index (χ1n) is 7.77. The van der Waals surface area contributed by atoms with Gasteiger partial charge in [-0.3, -0.25) is 15.4 Å². The number of nitrogens with one attached hydrogen (secondary N) is 3. The van der Waals surface area contributed by atoms with Gasteiger partial charge in [-0.05, 0) is 18.2 Å². The molecule has 1 aliphatic heterocycles. The number of nitrogens with zero attached hydrogens (tertiary/aromatic N) is 1. The van der Waals surface area contributed by atoms with Gasteiger partial charge in [0.15, 0.2) is 0 Å². The van der Waals surface area contributed by atoms with Gasteiger partial charge in [0.25, 0.3) is 0 Å². The van der Waals surface area contributed by atoms with E-state index in [1.807, 2.05) is 0 Å². The number of amides is 2. The third-order valence-electron chi connectivity index (χ3n) is 3.79. The number of aromatic nitrogens is 1. The maximum atomic E-state index is 12.2. The lowest BCUT2D eigenvalue weighted by atomic mass is 9.99. The predicted octanol–water partition coefficient (Wildman–Crippen LogP) is 1.52. The molecule has 2 atom stereocenters. The zero-order chi connectivity index (χ0) is 17.6. The minimum absolute atomic E-state index is 0.178. The molecule has 2 aromatic rings. The molecule has 0 bridgehead atoms. The number of ether oxygens (including phenoxy) is 1. The lowest BCUT2D eigenvalue weighted by Crippen LogP contribution is -2.30. The monoisotopic (exact) mass is 342 g/mol. The molecule has 2 heterocycles. The lowest BCUT2D eigenvalue weighted by Gasteiger charge is -2.18. The molecule has 1 fully saturated rings. The van der Waals surface area contributed by atoms with Crippen LogP contribution in [0.25, 0.3) is 0 Å². The maximum Gasteiger partial charge on any atom is 0.324 e. The van der Waals surface area contributed by atoms with Gasteiger partial charge in [0.1, 0.15) is 18.3 Å². The Hall–Kier alpha value is -2.81. The number of pyridine rings is 1. The summed E-state index contributed by atoms with van der Waals surface area (Å²) in [6.45, 7) is 0.106. The molecule has 0 radical (unpaired) electrons. The van der Waals surface area contributed by atoms with Crippen LogP contribution in [0.3, 0.4) is 0 Å². The quantitative estimate of drug-likeness (QED) is 0.613. The summed E-state index contributed by atoms with van der Waals surface area (Å²) >= 11 is 0. The van der Waals surface area contributed by atoms with E-state index < -0.39 is 12.3 Å². The van der Waals surface area contributed by atoms with Gasteiger partial charge in [-0.25, -0.2) is 9.78 Å². The van der Waals surface area contributed by atoms with Gasteiger partial charge in [-0.2, -0.15) is 0 Å². The second-order valence-corrected chi connectivity index (χ2v) is 5.44. The molecule has 130 valence electrons. The average molecular weight is 342 g/mol. The number of benzene rings is 1. The van der Waals surface area contributed by atoms with Crippen LogP contribution in [-0.2, 0) is 4.74 Å². The zero-order valence-corrected chi connectivity index (χ0v) is 13.3. The Labute approximate surface area is 144 Å². The smallest absolute Gasteiger partial charge is 0.324 e. The van der Waals surface area contributed by atoms with Crippen molar-refractivity contribution >= 4 is 23.8 Å². The van der Waals surface area contributed by atoms with Crippen molar-refractivity contribution in [2.45, 2.75) is 12.3 Å². The van der Waals surface area contributed by atoms with Crippen molar-refractivity contribution in [2.75, 3.05) is 23.8 Å². The van der Waals surface area contributed by atoms with Gasteiger partial charge >= 0.3 is 6.03 Å². The normalized spacial score (nSPS) is 19.4. The van der Waals surface area contributed by atoms with Crippen LogP contribution >= 0.6 is 0 Å². The molecular weight excluding hydrogens is 324 g/mol. The summed E-state index contributed by atoms with van der Waals surface area (Å²) in [5.74, 6) is 0.413. The second-order valence-electron chi connectivity index (χ2n) is 5.44. The van der Waals surface area contributed by atoms with Crippen molar-refractivity contribution in [1.29, 1.82) is 0 Å². The Morgan fingerprint density at radius 1 is 1.32 bits per heavy atom. The summed E-state index contributed by atoms with van der Waals surface area (Å²) in [6, 6.07) is 9.44. The van der Waals surface area contributed by atoms with Gasteiger partial charge in [-0.1, -0.05) is 18.2 Å². The Balaban J connectivity index is 1.81. The molecule has 1 aromatic carbocycles. The molecule has 0 saturated carbocycles. The Kier molecular flexibility index (Phi) is 5.34. The van der Waals surface area contributed by atoms with Crippen LogP contribution in [0, 0.1) is 0 Å². The van der Waals surface area contributed by atoms with E-state index in [0.717, 1.165) is 6.29 Å². The molecule has 2 amide bonds. The van der Waals surface area contributed by atoms with E-state index in [9.17, 15) is 14.7 Å². The molecule has 25 heavy (non-hydrogen) atoms. The average Bonchev–Trinajstić information content (AvgIpc) is 3.11. The minimum atomic E-state index is -0.500. The number of rotatable bonds is 5. The standard InChI is InChI=1S/C17H18N4O4/c22-8-11-4-3-5-12(16(11)13-10-25-15(9-23)19-13)20-17(24)21-14-6-1-2-7-18-14/h1-8,13,15,19,23H,9-10H2,(H2,18,20,21,24). The molecule has 0 aliphatic carbocycles. The Morgan fingerprint density at radius 2 is 2.20 bits per heavy atom. The molecule has 3 rings (SSSR count). The molecule has 0 spiro atoms. The van der Waals surface area contributed by atoms with Crippen LogP contribution in [-0.4, -0.2) is 41.8 Å². The molecule has 8 heteroatoms. The minimum Gasteiger partial charge on any atom is -0.392 e. The van der Waals surface area contributed by atoms with Crippen LogP contribution in [0.4, 0.5) is 16.3 Å². The fourth-order valence-electron chi connectivity index (χ4n) is 2.70. The second kappa shape index (κ2) is 7.84. The highest BCUT2D eigenvalue weighted by molar-refractivity contribution is 6.00. The van der Waals surface area contributed by atoms with Crippen molar-refractivity contribution in [3.8, 4) is 0 Å². The van der Waals surface area contributed by atoms with Crippen LogP contribution in [0.15, 0.2) is 42.6 Å². The number of carbonyl (C=O) groups is 2. The van der Waals surface area contributed by atoms with Crippen LogP contribution < -0.4 is 16.0 Å². The zero-order valence-electron chi connectivity index (χ0n) is 13.3. The first-order chi connectivity index (χ1) is 12.2.